The van der Waals surface area contributed by atoms with Crippen LogP contribution in [0.2, 0.25) is 0 Å². The van der Waals surface area contributed by atoms with E-state index in [0.29, 0.717) is 43.1 Å². The van der Waals surface area contributed by atoms with Gasteiger partial charge in [-0.1, -0.05) is 0 Å². The molecule has 0 spiro atoms. The van der Waals surface area contributed by atoms with E-state index in [1.165, 1.54) is 0 Å². The summed E-state index contributed by atoms with van der Waals surface area (Å²) >= 11 is 0. The van der Waals surface area contributed by atoms with Crippen molar-refractivity contribution < 1.29 is 24.1 Å². The zero-order valence-electron chi connectivity index (χ0n) is 17.7. The second-order valence-corrected chi connectivity index (χ2v) is 8.14. The number of amides is 1. The largest absolute Gasteiger partial charge is 0.490 e. The van der Waals surface area contributed by atoms with Crippen LogP contribution in [0.3, 0.4) is 0 Å². The third-order valence-corrected chi connectivity index (χ3v) is 5.67. The summed E-state index contributed by atoms with van der Waals surface area (Å²) in [4.78, 5) is 15.2. The molecular formula is C22H34N2O5. The predicted octanol–water partition coefficient (Wildman–Crippen LogP) is 2.14. The third-order valence-electron chi connectivity index (χ3n) is 5.67. The monoisotopic (exact) mass is 406 g/mol. The van der Waals surface area contributed by atoms with Crippen LogP contribution in [0.25, 0.3) is 0 Å². The number of hydrogen-bond donors (Lipinski definition) is 2. The number of hydrogen-bond acceptors (Lipinski definition) is 6. The summed E-state index contributed by atoms with van der Waals surface area (Å²) in [5.41, 5.74) is 0.553. The van der Waals surface area contributed by atoms with Crippen LogP contribution < -0.4 is 14.8 Å². The first-order valence-electron chi connectivity index (χ1n) is 10.6. The van der Waals surface area contributed by atoms with Gasteiger partial charge in [0.25, 0.3) is 5.91 Å². The van der Waals surface area contributed by atoms with E-state index >= 15 is 0 Å². The molecule has 1 aromatic carbocycles. The third kappa shape index (κ3) is 6.07. The Morgan fingerprint density at radius 3 is 2.76 bits per heavy atom. The fourth-order valence-electron chi connectivity index (χ4n) is 3.87. The van der Waals surface area contributed by atoms with Crippen molar-refractivity contribution in [1.29, 1.82) is 0 Å². The molecule has 1 saturated heterocycles. The maximum absolute atomic E-state index is 12.9. The van der Waals surface area contributed by atoms with Gasteiger partial charge in [0.15, 0.2) is 11.5 Å². The van der Waals surface area contributed by atoms with Gasteiger partial charge in [0.05, 0.1) is 24.4 Å². The molecule has 0 saturated carbocycles. The number of methoxy groups -OCH3 is 1. The lowest BCUT2D eigenvalue weighted by molar-refractivity contribution is -0.0194. The first kappa shape index (κ1) is 21.9. The highest BCUT2D eigenvalue weighted by atomic mass is 16.5. The second-order valence-electron chi connectivity index (χ2n) is 8.14. The fraction of sp³-hybridized carbons (Fsp3) is 0.682. The van der Waals surface area contributed by atoms with Crippen LogP contribution in [0.15, 0.2) is 12.1 Å². The Bertz CT molecular complexity index is 686. The molecule has 2 aliphatic heterocycles. The maximum Gasteiger partial charge on any atom is 0.255 e. The highest BCUT2D eigenvalue weighted by molar-refractivity contribution is 5.98. The van der Waals surface area contributed by atoms with Crippen LogP contribution in [0.5, 0.6) is 11.5 Å². The molecule has 2 N–H and O–H groups in total. The van der Waals surface area contributed by atoms with Gasteiger partial charge in [0.2, 0.25) is 0 Å². The van der Waals surface area contributed by atoms with E-state index in [-0.39, 0.29) is 12.5 Å². The summed E-state index contributed by atoms with van der Waals surface area (Å²) in [6.45, 7) is 6.79. The molecule has 0 aromatic heterocycles. The smallest absolute Gasteiger partial charge is 0.255 e. The Labute approximate surface area is 173 Å². The number of ether oxygens (including phenoxy) is 3. The molecule has 162 valence electrons. The lowest BCUT2D eigenvalue weighted by Gasteiger charge is -2.38. The number of nitrogens with zero attached hydrogens (tertiary/aromatic N) is 1. The number of benzene rings is 1. The average molecular weight is 407 g/mol. The van der Waals surface area contributed by atoms with Gasteiger partial charge in [-0.15, -0.1) is 0 Å². The number of piperidine rings is 1. The lowest BCUT2D eigenvalue weighted by atomic mass is 9.91. The molecule has 1 fully saturated rings. The van der Waals surface area contributed by atoms with Crippen molar-refractivity contribution in [2.75, 3.05) is 53.1 Å². The Morgan fingerprint density at radius 1 is 1.24 bits per heavy atom. The summed E-state index contributed by atoms with van der Waals surface area (Å²) in [6.07, 6.45) is 4.26. The summed E-state index contributed by atoms with van der Waals surface area (Å²) in [5, 5.41) is 13.8. The Morgan fingerprint density at radius 2 is 2.00 bits per heavy atom. The molecule has 2 heterocycles. The van der Waals surface area contributed by atoms with Crippen molar-refractivity contribution >= 4 is 5.91 Å². The summed E-state index contributed by atoms with van der Waals surface area (Å²) in [5.74, 6) is 0.891. The molecule has 0 bridgehead atoms. The van der Waals surface area contributed by atoms with Crippen molar-refractivity contribution in [3.05, 3.63) is 23.3 Å². The van der Waals surface area contributed by atoms with Gasteiger partial charge in [0, 0.05) is 39.8 Å². The van der Waals surface area contributed by atoms with E-state index in [4.69, 9.17) is 14.2 Å². The predicted molar refractivity (Wildman–Crippen MR) is 111 cm³/mol. The molecule has 0 radical (unpaired) electrons. The van der Waals surface area contributed by atoms with Gasteiger partial charge >= 0.3 is 0 Å². The van der Waals surface area contributed by atoms with Gasteiger partial charge in [-0.25, -0.2) is 0 Å². The summed E-state index contributed by atoms with van der Waals surface area (Å²) < 4.78 is 16.6. The number of aryl methyl sites for hydroxylation is 1. The first-order valence-corrected chi connectivity index (χ1v) is 10.6. The van der Waals surface area contributed by atoms with E-state index < -0.39 is 5.60 Å². The minimum Gasteiger partial charge on any atom is -0.490 e. The van der Waals surface area contributed by atoms with Crippen LogP contribution >= 0.6 is 0 Å². The number of likely N-dealkylation sites (tertiary alicyclic amines) is 1. The molecule has 0 atom stereocenters. The standard InChI is InChI=1S/C22H34N2O5/c1-17-14-18(20-19(15-17)28-12-5-13-29-20)21(25)23-16-22(26)6-9-24(10-7-22)8-3-4-11-27-2/h14-15,26H,3-13,16H2,1-2H3,(H,23,25). The quantitative estimate of drug-likeness (QED) is 0.644. The van der Waals surface area contributed by atoms with Crippen molar-refractivity contribution in [2.24, 2.45) is 0 Å². The minimum atomic E-state index is -0.864. The number of carbonyl (C=O) groups excluding carboxylic acids is 1. The van der Waals surface area contributed by atoms with Gasteiger partial charge < -0.3 is 29.5 Å². The first-order chi connectivity index (χ1) is 14.0. The number of fused-ring (bicyclic) bond motifs is 1. The minimum absolute atomic E-state index is 0.231. The number of nitrogens with one attached hydrogen (secondary N) is 1. The average Bonchev–Trinajstić information content (AvgIpc) is 2.96. The van der Waals surface area contributed by atoms with Crippen molar-refractivity contribution in [3.63, 3.8) is 0 Å². The SMILES string of the molecule is COCCCCN1CCC(O)(CNC(=O)c2cc(C)cc3c2OCCCO3)CC1. The number of unbranched alkanes of at least 4 members (excludes halogenated alkanes) is 1. The molecular weight excluding hydrogens is 372 g/mol. The second kappa shape index (κ2) is 10.3. The molecule has 7 nitrogen and oxygen atoms in total. The zero-order chi connectivity index (χ0) is 20.7. The van der Waals surface area contributed by atoms with Gasteiger partial charge in [-0.2, -0.15) is 0 Å². The van der Waals surface area contributed by atoms with Crippen LogP contribution in [0.4, 0.5) is 0 Å². The van der Waals surface area contributed by atoms with Crippen molar-refractivity contribution in [2.45, 2.75) is 44.6 Å². The highest BCUT2D eigenvalue weighted by Gasteiger charge is 2.33. The molecule has 2 aliphatic rings. The fourth-order valence-corrected chi connectivity index (χ4v) is 3.87. The van der Waals surface area contributed by atoms with Crippen LogP contribution in [-0.4, -0.2) is 74.6 Å². The van der Waals surface area contributed by atoms with Gasteiger partial charge in [0.1, 0.15) is 0 Å². The van der Waals surface area contributed by atoms with Crippen molar-refractivity contribution in [1.82, 2.24) is 10.2 Å². The van der Waals surface area contributed by atoms with E-state index in [1.807, 2.05) is 19.1 Å². The Hall–Kier alpha value is -1.83. The van der Waals surface area contributed by atoms with Crippen LogP contribution in [-0.2, 0) is 4.74 Å². The number of aliphatic hydroxyl groups is 1. The summed E-state index contributed by atoms with van der Waals surface area (Å²) in [7, 11) is 1.72. The van der Waals surface area contributed by atoms with E-state index in [9.17, 15) is 9.90 Å². The van der Waals surface area contributed by atoms with Gasteiger partial charge in [-0.05, 0) is 56.8 Å². The van der Waals surface area contributed by atoms with E-state index in [0.717, 1.165) is 51.1 Å². The molecule has 0 unspecified atom stereocenters. The maximum atomic E-state index is 12.9. The van der Waals surface area contributed by atoms with E-state index in [1.54, 1.807) is 7.11 Å². The van der Waals surface area contributed by atoms with Crippen molar-refractivity contribution in [3.8, 4) is 11.5 Å². The molecule has 1 aromatic rings. The number of carbonyl (C=O) groups is 1. The van der Waals surface area contributed by atoms with Gasteiger partial charge in [-0.3, -0.25) is 4.79 Å². The molecule has 1 amide bonds. The van der Waals surface area contributed by atoms with E-state index in [2.05, 4.69) is 10.2 Å². The highest BCUT2D eigenvalue weighted by Crippen LogP contribution is 2.35. The zero-order valence-corrected chi connectivity index (χ0v) is 17.7. The number of rotatable bonds is 8. The normalized spacial score (nSPS) is 18.9. The van der Waals surface area contributed by atoms with Crippen LogP contribution in [0.1, 0.15) is 48.0 Å². The molecule has 0 aliphatic carbocycles. The molecule has 29 heavy (non-hydrogen) atoms. The Kier molecular flexibility index (Phi) is 7.75. The molecule has 3 rings (SSSR count). The summed E-state index contributed by atoms with van der Waals surface area (Å²) in [6, 6.07) is 3.71. The molecule has 7 heteroatoms. The lowest BCUT2D eigenvalue weighted by Crippen LogP contribution is -2.51. The Balaban J connectivity index is 1.53. The van der Waals surface area contributed by atoms with Crippen LogP contribution in [0, 0.1) is 6.92 Å². The topological polar surface area (TPSA) is 80.3 Å².